The van der Waals surface area contributed by atoms with E-state index in [4.69, 9.17) is 11.6 Å². The molecule has 0 aliphatic heterocycles. The monoisotopic (exact) mass is 110 g/mol. The molecule has 0 aromatic carbocycles. The third-order valence-corrected chi connectivity index (χ3v) is 0.945. The standard InChI is InChI=1S/C4H8ClF/c1-2-4(6)3-5/h4H,2-3H2,1H3. The van der Waals surface area contributed by atoms with Crippen LogP contribution in [0, 0.1) is 0 Å². The zero-order chi connectivity index (χ0) is 4.99. The van der Waals surface area contributed by atoms with Crippen LogP contribution in [-0.4, -0.2) is 12.1 Å². The molecular weight excluding hydrogens is 102 g/mol. The van der Waals surface area contributed by atoms with Crippen LogP contribution in [0.4, 0.5) is 4.39 Å². The Bertz CT molecular complexity index is 26.7. The van der Waals surface area contributed by atoms with Crippen molar-refractivity contribution >= 4 is 11.6 Å². The summed E-state index contributed by atoms with van der Waals surface area (Å²) in [7, 11) is 0. The van der Waals surface area contributed by atoms with E-state index in [2.05, 4.69) is 0 Å². The summed E-state index contributed by atoms with van der Waals surface area (Å²) in [5.41, 5.74) is 0. The fourth-order valence-electron chi connectivity index (χ4n) is 0.109. The molecule has 0 spiro atoms. The molecule has 38 valence electrons. The van der Waals surface area contributed by atoms with Gasteiger partial charge in [-0.25, -0.2) is 4.39 Å². The van der Waals surface area contributed by atoms with Gasteiger partial charge in [-0.1, -0.05) is 6.92 Å². The minimum atomic E-state index is -0.799. The highest BCUT2D eigenvalue weighted by Gasteiger charge is 1.95. The van der Waals surface area contributed by atoms with Crippen LogP contribution < -0.4 is 0 Å². The van der Waals surface area contributed by atoms with Gasteiger partial charge < -0.3 is 0 Å². The Balaban J connectivity index is 2.75. The van der Waals surface area contributed by atoms with E-state index in [-0.39, 0.29) is 5.88 Å². The molecule has 0 radical (unpaired) electrons. The van der Waals surface area contributed by atoms with Crippen LogP contribution >= 0.6 is 11.6 Å². The molecule has 0 aromatic heterocycles. The number of hydrogen-bond acceptors (Lipinski definition) is 0. The maximum Gasteiger partial charge on any atom is 0.113 e. The lowest BCUT2D eigenvalue weighted by Gasteiger charge is -1.92. The third-order valence-electron chi connectivity index (χ3n) is 0.610. The van der Waals surface area contributed by atoms with Crippen LogP contribution in [0.2, 0.25) is 0 Å². The molecule has 0 saturated heterocycles. The molecule has 1 atom stereocenters. The van der Waals surface area contributed by atoms with E-state index in [0.29, 0.717) is 6.42 Å². The average Bonchev–Trinajstić information content (AvgIpc) is 1.65. The molecule has 6 heavy (non-hydrogen) atoms. The lowest BCUT2D eigenvalue weighted by atomic mass is 10.3. The summed E-state index contributed by atoms with van der Waals surface area (Å²) >= 11 is 5.08. The van der Waals surface area contributed by atoms with E-state index in [1.165, 1.54) is 0 Å². The lowest BCUT2D eigenvalue weighted by Crippen LogP contribution is -1.96. The highest BCUT2D eigenvalue weighted by Crippen LogP contribution is 1.96. The van der Waals surface area contributed by atoms with Gasteiger partial charge in [0.2, 0.25) is 0 Å². The summed E-state index contributed by atoms with van der Waals surface area (Å²) in [5.74, 6) is 0.135. The summed E-state index contributed by atoms with van der Waals surface area (Å²) in [6.45, 7) is 1.77. The van der Waals surface area contributed by atoms with Crippen molar-refractivity contribution in [2.45, 2.75) is 19.5 Å². The summed E-state index contributed by atoms with van der Waals surface area (Å²) in [6, 6.07) is 0. The van der Waals surface area contributed by atoms with E-state index in [9.17, 15) is 4.39 Å². The van der Waals surface area contributed by atoms with Gasteiger partial charge >= 0.3 is 0 Å². The van der Waals surface area contributed by atoms with Gasteiger partial charge in [-0.2, -0.15) is 0 Å². The first-order valence-electron chi connectivity index (χ1n) is 2.01. The van der Waals surface area contributed by atoms with E-state index in [1.54, 1.807) is 6.92 Å². The smallest absolute Gasteiger partial charge is 0.113 e. The Labute approximate surface area is 42.3 Å². The molecule has 2 heteroatoms. The SMILES string of the molecule is CCC(F)CCl. The van der Waals surface area contributed by atoms with Gasteiger partial charge in [0.15, 0.2) is 0 Å². The second-order valence-corrected chi connectivity index (χ2v) is 1.47. The number of halogens is 2. The van der Waals surface area contributed by atoms with Crippen molar-refractivity contribution in [3.8, 4) is 0 Å². The largest absolute Gasteiger partial charge is 0.246 e. The molecular formula is C4H8ClF. The Hall–Kier alpha value is 0.220. The third kappa shape index (κ3) is 2.46. The summed E-state index contributed by atoms with van der Waals surface area (Å²) in [4.78, 5) is 0. The fraction of sp³-hybridized carbons (Fsp3) is 1.00. The summed E-state index contributed by atoms with van der Waals surface area (Å²) in [5, 5.41) is 0. The van der Waals surface area contributed by atoms with Gasteiger partial charge in [0, 0.05) is 0 Å². The molecule has 0 nitrogen and oxygen atoms in total. The van der Waals surface area contributed by atoms with Gasteiger partial charge in [0.05, 0.1) is 5.88 Å². The maximum atomic E-state index is 11.7. The Morgan fingerprint density at radius 2 is 2.33 bits per heavy atom. The molecule has 0 amide bonds. The normalized spacial score (nSPS) is 14.5. The molecule has 0 saturated carbocycles. The molecule has 0 N–H and O–H groups in total. The van der Waals surface area contributed by atoms with Crippen molar-refractivity contribution in [1.29, 1.82) is 0 Å². The first kappa shape index (κ1) is 6.22. The minimum Gasteiger partial charge on any atom is -0.246 e. The molecule has 0 aliphatic carbocycles. The van der Waals surface area contributed by atoms with E-state index >= 15 is 0 Å². The first-order chi connectivity index (χ1) is 2.81. The van der Waals surface area contributed by atoms with Crippen molar-refractivity contribution in [2.24, 2.45) is 0 Å². The van der Waals surface area contributed by atoms with Gasteiger partial charge in [-0.15, -0.1) is 11.6 Å². The number of hydrogen-bond donors (Lipinski definition) is 0. The molecule has 0 rings (SSSR count). The van der Waals surface area contributed by atoms with Gasteiger partial charge in [0.1, 0.15) is 6.17 Å². The van der Waals surface area contributed by atoms with Crippen molar-refractivity contribution in [3.05, 3.63) is 0 Å². The fourth-order valence-corrected chi connectivity index (χ4v) is 0.327. The van der Waals surface area contributed by atoms with Crippen LogP contribution in [0.1, 0.15) is 13.3 Å². The molecule has 0 fully saturated rings. The molecule has 0 heterocycles. The van der Waals surface area contributed by atoms with Crippen LogP contribution in [0.15, 0.2) is 0 Å². The van der Waals surface area contributed by atoms with Crippen molar-refractivity contribution in [1.82, 2.24) is 0 Å². The molecule has 0 aliphatic rings. The van der Waals surface area contributed by atoms with Crippen molar-refractivity contribution < 1.29 is 4.39 Å². The zero-order valence-corrected chi connectivity index (χ0v) is 4.50. The lowest BCUT2D eigenvalue weighted by molar-refractivity contribution is 0.357. The Morgan fingerprint density at radius 1 is 1.83 bits per heavy atom. The average molecular weight is 111 g/mol. The highest BCUT2D eigenvalue weighted by molar-refractivity contribution is 6.18. The van der Waals surface area contributed by atoms with Crippen LogP contribution in [-0.2, 0) is 0 Å². The van der Waals surface area contributed by atoms with Crippen LogP contribution in [0.5, 0.6) is 0 Å². The van der Waals surface area contributed by atoms with Crippen molar-refractivity contribution in [3.63, 3.8) is 0 Å². The van der Waals surface area contributed by atoms with E-state index in [1.807, 2.05) is 0 Å². The van der Waals surface area contributed by atoms with Crippen molar-refractivity contribution in [2.75, 3.05) is 5.88 Å². The van der Waals surface area contributed by atoms with E-state index in [0.717, 1.165) is 0 Å². The quantitative estimate of drug-likeness (QED) is 0.477. The second kappa shape index (κ2) is 3.41. The predicted octanol–water partition coefficient (Wildman–Crippen LogP) is 1.97. The molecule has 0 bridgehead atoms. The Morgan fingerprint density at radius 3 is 2.33 bits per heavy atom. The van der Waals surface area contributed by atoms with E-state index < -0.39 is 6.17 Å². The van der Waals surface area contributed by atoms with Crippen LogP contribution in [0.3, 0.4) is 0 Å². The highest BCUT2D eigenvalue weighted by atomic mass is 35.5. The zero-order valence-electron chi connectivity index (χ0n) is 3.75. The number of alkyl halides is 2. The number of rotatable bonds is 2. The topological polar surface area (TPSA) is 0 Å². The minimum absolute atomic E-state index is 0.135. The molecule has 1 unspecified atom stereocenters. The van der Waals surface area contributed by atoms with Crippen LogP contribution in [0.25, 0.3) is 0 Å². The molecule has 0 aromatic rings. The Kier molecular flexibility index (Phi) is 3.54. The van der Waals surface area contributed by atoms with Gasteiger partial charge in [0.25, 0.3) is 0 Å². The summed E-state index contributed by atoms with van der Waals surface area (Å²) in [6.07, 6.45) is -0.268. The predicted molar refractivity (Wildman–Crippen MR) is 25.9 cm³/mol. The first-order valence-corrected chi connectivity index (χ1v) is 2.54. The summed E-state index contributed by atoms with van der Waals surface area (Å²) < 4.78 is 11.7. The van der Waals surface area contributed by atoms with Gasteiger partial charge in [-0.3, -0.25) is 0 Å². The second-order valence-electron chi connectivity index (χ2n) is 1.16. The van der Waals surface area contributed by atoms with Gasteiger partial charge in [-0.05, 0) is 6.42 Å². The maximum absolute atomic E-state index is 11.7.